The lowest BCUT2D eigenvalue weighted by Crippen LogP contribution is -2.40. The molecule has 0 aromatic heterocycles. The van der Waals surface area contributed by atoms with Crippen LogP contribution in [0.2, 0.25) is 0 Å². The highest BCUT2D eigenvalue weighted by Crippen LogP contribution is 2.28. The van der Waals surface area contributed by atoms with E-state index < -0.39 is 12.1 Å². The van der Waals surface area contributed by atoms with Gasteiger partial charge in [-0.3, -0.25) is 9.59 Å². The van der Waals surface area contributed by atoms with Crippen molar-refractivity contribution in [1.82, 2.24) is 4.90 Å². The molecule has 9 heteroatoms. The average Bonchev–Trinajstić information content (AvgIpc) is 2.78. The van der Waals surface area contributed by atoms with Gasteiger partial charge in [0.1, 0.15) is 6.61 Å². The van der Waals surface area contributed by atoms with Crippen molar-refractivity contribution in [2.24, 2.45) is 0 Å². The summed E-state index contributed by atoms with van der Waals surface area (Å²) in [7, 11) is 1.06. The van der Waals surface area contributed by atoms with E-state index in [0.717, 1.165) is 29.4 Å². The van der Waals surface area contributed by atoms with Crippen LogP contribution in [0.3, 0.4) is 0 Å². The molecule has 0 bridgehead atoms. The van der Waals surface area contributed by atoms with E-state index in [1.54, 1.807) is 4.90 Å². The van der Waals surface area contributed by atoms with Gasteiger partial charge in [-0.25, -0.2) is 0 Å². The highest BCUT2D eigenvalue weighted by molar-refractivity contribution is 5.97. The first-order valence-corrected chi connectivity index (χ1v) is 10.4. The summed E-state index contributed by atoms with van der Waals surface area (Å²) in [6.07, 6.45) is -0.897. The Labute approximate surface area is 190 Å². The number of fused-ring (bicyclic) bond motifs is 2. The molecule has 0 fully saturated rings. The van der Waals surface area contributed by atoms with E-state index in [1.807, 2.05) is 60.7 Å². The molecule has 2 amide bonds. The number of likely N-dealkylation sites (N-methyl/N-ethyl adjacent to an activating group) is 1. The third-order valence-electron chi connectivity index (χ3n) is 5.11. The van der Waals surface area contributed by atoms with Gasteiger partial charge in [-0.2, -0.15) is 13.2 Å². The van der Waals surface area contributed by atoms with Crippen LogP contribution in [-0.2, 0) is 25.6 Å². The first-order chi connectivity index (χ1) is 15.8. The van der Waals surface area contributed by atoms with E-state index >= 15 is 0 Å². The number of halogens is 3. The third kappa shape index (κ3) is 6.66. The van der Waals surface area contributed by atoms with E-state index in [4.69, 9.17) is 9.47 Å². The smallest absolute Gasteiger partial charge is 0.377 e. The van der Waals surface area contributed by atoms with Gasteiger partial charge in [-0.05, 0) is 22.8 Å². The molecule has 0 unspecified atom stereocenters. The van der Waals surface area contributed by atoms with Crippen molar-refractivity contribution in [2.75, 3.05) is 44.9 Å². The van der Waals surface area contributed by atoms with Crippen molar-refractivity contribution in [3.8, 4) is 0 Å². The zero-order chi connectivity index (χ0) is 23.8. The molecule has 0 aliphatic carbocycles. The summed E-state index contributed by atoms with van der Waals surface area (Å²) in [6.45, 7) is 0.136. The molecule has 0 saturated heterocycles. The van der Waals surface area contributed by atoms with E-state index in [-0.39, 0.29) is 38.9 Å². The van der Waals surface area contributed by atoms with Gasteiger partial charge in [0, 0.05) is 13.6 Å². The van der Waals surface area contributed by atoms with Gasteiger partial charge in [-0.15, -0.1) is 0 Å². The summed E-state index contributed by atoms with van der Waals surface area (Å²) in [5.41, 5.74) is 3.75. The van der Waals surface area contributed by atoms with Crippen molar-refractivity contribution >= 4 is 29.7 Å². The Morgan fingerprint density at radius 1 is 0.939 bits per heavy atom. The summed E-state index contributed by atoms with van der Waals surface area (Å²) in [4.78, 5) is 26.2. The second-order valence-electron chi connectivity index (χ2n) is 7.46. The van der Waals surface area contributed by atoms with Crippen LogP contribution in [0.5, 0.6) is 0 Å². The Bertz CT molecular complexity index is 1010. The number of anilines is 1. The zero-order valence-corrected chi connectivity index (χ0v) is 18.2. The van der Waals surface area contributed by atoms with Crippen molar-refractivity contribution in [3.63, 3.8) is 0 Å². The lowest BCUT2D eigenvalue weighted by Gasteiger charge is -2.27. The van der Waals surface area contributed by atoms with Crippen molar-refractivity contribution in [1.29, 1.82) is 0 Å². The van der Waals surface area contributed by atoms with E-state index in [0.29, 0.717) is 11.4 Å². The minimum absolute atomic E-state index is 0.0712. The van der Waals surface area contributed by atoms with Crippen LogP contribution in [-0.4, -0.2) is 62.9 Å². The van der Waals surface area contributed by atoms with Crippen LogP contribution in [0.15, 0.2) is 48.5 Å². The molecule has 2 aromatic rings. The number of hydrogen-bond acceptors (Lipinski definition) is 4. The molecule has 3 rings (SSSR count). The highest BCUT2D eigenvalue weighted by atomic mass is 19.4. The van der Waals surface area contributed by atoms with Crippen LogP contribution in [0, 0.1) is 0 Å². The van der Waals surface area contributed by atoms with Crippen molar-refractivity contribution in [2.45, 2.75) is 12.7 Å². The first-order valence-electron chi connectivity index (χ1n) is 10.4. The fourth-order valence-electron chi connectivity index (χ4n) is 3.35. The summed E-state index contributed by atoms with van der Waals surface area (Å²) in [5.74, 6) is -2.14. The molecule has 0 radical (unpaired) electrons. The Morgan fingerprint density at radius 2 is 1.58 bits per heavy atom. The molecule has 1 aliphatic heterocycles. The molecule has 2 aromatic carbocycles. The van der Waals surface area contributed by atoms with Crippen LogP contribution >= 0.6 is 0 Å². The molecule has 1 aliphatic rings. The molecule has 0 spiro atoms. The van der Waals surface area contributed by atoms with E-state index in [2.05, 4.69) is 0 Å². The predicted molar refractivity (Wildman–Crippen MR) is 118 cm³/mol. The number of alkyl halides is 3. The van der Waals surface area contributed by atoms with Crippen LogP contribution in [0.4, 0.5) is 18.9 Å². The maximum atomic E-state index is 13.0. The SMILES string of the molecule is CN(CCOCCOCC(=O)N1Cc2ccccc2/C=C\c2ccccc21)C(=O)C(F)(F)F. The van der Waals surface area contributed by atoms with Gasteiger partial charge >= 0.3 is 12.1 Å². The van der Waals surface area contributed by atoms with Gasteiger partial charge in [0.2, 0.25) is 0 Å². The molecule has 0 saturated carbocycles. The Kier molecular flexibility index (Phi) is 8.24. The van der Waals surface area contributed by atoms with Crippen molar-refractivity contribution in [3.05, 3.63) is 65.2 Å². The molecule has 33 heavy (non-hydrogen) atoms. The van der Waals surface area contributed by atoms with Crippen molar-refractivity contribution < 1.29 is 32.2 Å². The summed E-state index contributed by atoms with van der Waals surface area (Å²) >= 11 is 0. The zero-order valence-electron chi connectivity index (χ0n) is 18.2. The predicted octanol–water partition coefficient (Wildman–Crippen LogP) is 3.76. The summed E-state index contributed by atoms with van der Waals surface area (Å²) in [5, 5.41) is 0. The molecule has 0 atom stereocenters. The first kappa shape index (κ1) is 24.5. The molecule has 176 valence electrons. The number of carbonyl (C=O) groups is 2. The number of hydrogen-bond donors (Lipinski definition) is 0. The fourth-order valence-corrected chi connectivity index (χ4v) is 3.35. The molecule has 6 nitrogen and oxygen atoms in total. The minimum Gasteiger partial charge on any atom is -0.377 e. The Balaban J connectivity index is 1.49. The largest absolute Gasteiger partial charge is 0.471 e. The summed E-state index contributed by atoms with van der Waals surface area (Å²) in [6, 6.07) is 15.4. The normalized spacial score (nSPS) is 14.0. The highest BCUT2D eigenvalue weighted by Gasteiger charge is 2.40. The lowest BCUT2D eigenvalue weighted by atomic mass is 10.0. The monoisotopic (exact) mass is 462 g/mol. The second-order valence-corrected chi connectivity index (χ2v) is 7.46. The second kappa shape index (κ2) is 11.1. The maximum absolute atomic E-state index is 13.0. The number of nitrogens with zero attached hydrogens (tertiary/aromatic N) is 2. The van der Waals surface area contributed by atoms with E-state index in [1.165, 1.54) is 0 Å². The fraction of sp³-hybridized carbons (Fsp3) is 0.333. The molecule has 1 heterocycles. The lowest BCUT2D eigenvalue weighted by molar-refractivity contribution is -0.184. The van der Waals surface area contributed by atoms with Crippen LogP contribution in [0.25, 0.3) is 12.2 Å². The third-order valence-corrected chi connectivity index (χ3v) is 5.11. The summed E-state index contributed by atoms with van der Waals surface area (Å²) < 4.78 is 47.7. The van der Waals surface area contributed by atoms with Gasteiger partial charge in [0.05, 0.1) is 32.1 Å². The van der Waals surface area contributed by atoms with Crippen LogP contribution in [0.1, 0.15) is 16.7 Å². The number of carbonyl (C=O) groups excluding carboxylic acids is 2. The van der Waals surface area contributed by atoms with Gasteiger partial charge < -0.3 is 19.3 Å². The van der Waals surface area contributed by atoms with Gasteiger partial charge in [0.25, 0.3) is 5.91 Å². The molecular formula is C24H25F3N2O4. The average molecular weight is 462 g/mol. The standard InChI is InChI=1S/C24H25F3N2O4/c1-28(23(31)24(25,26)27)12-13-32-14-15-33-17-22(30)29-16-20-8-3-2-6-18(20)10-11-19-7-4-5-9-21(19)29/h2-11H,12-17H2,1H3/b11-10-. The number of amides is 2. The quantitative estimate of drug-likeness (QED) is 0.561. The Hall–Kier alpha value is -3.17. The number of rotatable bonds is 8. The van der Waals surface area contributed by atoms with Gasteiger partial charge in [0.15, 0.2) is 0 Å². The topological polar surface area (TPSA) is 59.1 Å². The maximum Gasteiger partial charge on any atom is 0.471 e. The number of para-hydroxylation sites is 1. The van der Waals surface area contributed by atoms with Crippen LogP contribution < -0.4 is 4.90 Å². The molecular weight excluding hydrogens is 437 g/mol. The minimum atomic E-state index is -4.90. The van der Waals surface area contributed by atoms with E-state index in [9.17, 15) is 22.8 Å². The van der Waals surface area contributed by atoms with Gasteiger partial charge in [-0.1, -0.05) is 54.6 Å². The Morgan fingerprint density at radius 3 is 2.33 bits per heavy atom. The number of benzene rings is 2. The molecule has 0 N–H and O–H groups in total. The number of ether oxygens (including phenoxy) is 2.